The third-order valence-corrected chi connectivity index (χ3v) is 6.48. The number of benzene rings is 3. The fourth-order valence-corrected chi connectivity index (χ4v) is 5.18. The monoisotopic (exact) mass is 390 g/mol. The van der Waals surface area contributed by atoms with Gasteiger partial charge in [-0.15, -0.1) is 0 Å². The van der Waals surface area contributed by atoms with Crippen molar-refractivity contribution in [2.75, 3.05) is 11.9 Å². The van der Waals surface area contributed by atoms with Crippen LogP contribution in [0.3, 0.4) is 0 Å². The molecule has 1 amide bonds. The van der Waals surface area contributed by atoms with Gasteiger partial charge in [-0.2, -0.15) is 5.26 Å². The van der Waals surface area contributed by atoms with Crippen LogP contribution in [0.2, 0.25) is 0 Å². The van der Waals surface area contributed by atoms with Gasteiger partial charge in [0.15, 0.2) is 0 Å². The molecule has 2 aliphatic rings. The van der Waals surface area contributed by atoms with Crippen molar-refractivity contribution in [1.82, 2.24) is 0 Å². The van der Waals surface area contributed by atoms with Gasteiger partial charge in [0.05, 0.1) is 17.2 Å². The van der Waals surface area contributed by atoms with Crippen LogP contribution in [0.15, 0.2) is 78.9 Å². The molecule has 1 aliphatic carbocycles. The van der Waals surface area contributed by atoms with E-state index in [1.165, 1.54) is 11.1 Å². The van der Waals surface area contributed by atoms with Crippen molar-refractivity contribution < 1.29 is 4.79 Å². The molecule has 1 unspecified atom stereocenters. The summed E-state index contributed by atoms with van der Waals surface area (Å²) in [5.41, 5.74) is 6.92. The van der Waals surface area contributed by atoms with Crippen molar-refractivity contribution in [3.8, 4) is 6.07 Å². The highest BCUT2D eigenvalue weighted by atomic mass is 16.2. The van der Waals surface area contributed by atoms with Crippen LogP contribution in [0.5, 0.6) is 0 Å². The van der Waals surface area contributed by atoms with Crippen molar-refractivity contribution in [2.24, 2.45) is 5.41 Å². The van der Waals surface area contributed by atoms with Gasteiger partial charge in [-0.25, -0.2) is 0 Å². The second-order valence-corrected chi connectivity index (χ2v) is 8.07. The molecule has 0 bridgehead atoms. The van der Waals surface area contributed by atoms with Gasteiger partial charge in [0.2, 0.25) is 5.91 Å². The first-order chi connectivity index (χ1) is 14.7. The fourth-order valence-electron chi connectivity index (χ4n) is 5.18. The van der Waals surface area contributed by atoms with Gasteiger partial charge in [-0.05, 0) is 46.7 Å². The number of hydrogen-bond donors (Lipinski definition) is 0. The highest BCUT2D eigenvalue weighted by Crippen LogP contribution is 2.57. The molecule has 0 spiro atoms. The molecule has 0 radical (unpaired) electrons. The average molecular weight is 390 g/mol. The summed E-state index contributed by atoms with van der Waals surface area (Å²) in [5, 5.41) is 9.42. The molecule has 0 saturated carbocycles. The van der Waals surface area contributed by atoms with Gasteiger partial charge in [0.1, 0.15) is 0 Å². The number of carbonyl (C=O) groups excluding carboxylic acids is 1. The maximum atomic E-state index is 13.9. The number of amides is 1. The number of carbonyl (C=O) groups is 1. The average Bonchev–Trinajstić information content (AvgIpc) is 2.80. The van der Waals surface area contributed by atoms with Crippen LogP contribution >= 0.6 is 0 Å². The lowest BCUT2D eigenvalue weighted by molar-refractivity contribution is -0.125. The summed E-state index contributed by atoms with van der Waals surface area (Å²) in [6.45, 7) is 0. The van der Waals surface area contributed by atoms with E-state index in [4.69, 9.17) is 0 Å². The minimum atomic E-state index is -0.738. The molecule has 1 atom stereocenters. The molecule has 1 aliphatic heterocycles. The second-order valence-electron chi connectivity index (χ2n) is 8.07. The zero-order valence-corrected chi connectivity index (χ0v) is 16.9. The SMILES string of the molecule is CN1C(=O)C2(CCC#N)Cc3ccccc3C(c3ccccc3)=C2c2ccccc21. The standard InChI is InChI=1S/C27H22N2O/c1-29-23-15-8-7-14-22(23)25-24(19-10-3-2-4-11-19)21-13-6-5-12-20(21)18-27(25,26(29)30)16-9-17-28/h2-8,10-15H,9,16,18H2,1H3. The second kappa shape index (κ2) is 7.00. The van der Waals surface area contributed by atoms with Gasteiger partial charge in [-0.3, -0.25) is 4.79 Å². The van der Waals surface area contributed by atoms with Crippen molar-refractivity contribution >= 4 is 22.7 Å². The summed E-state index contributed by atoms with van der Waals surface area (Å²) in [5.74, 6) is 0.0781. The minimum absolute atomic E-state index is 0.0781. The van der Waals surface area contributed by atoms with E-state index in [0.29, 0.717) is 19.3 Å². The Labute approximate surface area is 176 Å². The first kappa shape index (κ1) is 18.4. The molecule has 3 aromatic rings. The van der Waals surface area contributed by atoms with Gasteiger partial charge in [-0.1, -0.05) is 72.8 Å². The lowest BCUT2D eigenvalue weighted by atomic mass is 9.60. The molecule has 0 saturated heterocycles. The van der Waals surface area contributed by atoms with Crippen molar-refractivity contribution in [1.29, 1.82) is 5.26 Å². The van der Waals surface area contributed by atoms with Crippen molar-refractivity contribution in [3.63, 3.8) is 0 Å². The van der Waals surface area contributed by atoms with Crippen LogP contribution < -0.4 is 4.90 Å². The smallest absolute Gasteiger partial charge is 0.237 e. The Morgan fingerprint density at radius 1 is 0.933 bits per heavy atom. The molecule has 1 heterocycles. The Morgan fingerprint density at radius 2 is 1.60 bits per heavy atom. The molecule has 3 nitrogen and oxygen atoms in total. The summed E-state index contributed by atoms with van der Waals surface area (Å²) >= 11 is 0. The zero-order chi connectivity index (χ0) is 20.7. The van der Waals surface area contributed by atoms with E-state index in [-0.39, 0.29) is 5.91 Å². The Bertz CT molecular complexity index is 1220. The van der Waals surface area contributed by atoms with E-state index in [1.54, 1.807) is 4.90 Å². The summed E-state index contributed by atoms with van der Waals surface area (Å²) in [6.07, 6.45) is 1.48. The van der Waals surface area contributed by atoms with Gasteiger partial charge < -0.3 is 4.90 Å². The normalized spacial score (nSPS) is 19.6. The number of para-hydroxylation sites is 1. The van der Waals surface area contributed by atoms with Crippen LogP contribution in [0.1, 0.15) is 35.1 Å². The van der Waals surface area contributed by atoms with E-state index in [9.17, 15) is 10.1 Å². The summed E-state index contributed by atoms with van der Waals surface area (Å²) in [4.78, 5) is 15.7. The molecule has 0 aromatic heterocycles. The van der Waals surface area contributed by atoms with Crippen LogP contribution in [-0.4, -0.2) is 13.0 Å². The van der Waals surface area contributed by atoms with Crippen molar-refractivity contribution in [2.45, 2.75) is 19.3 Å². The molecule has 0 fully saturated rings. The maximum Gasteiger partial charge on any atom is 0.237 e. The topological polar surface area (TPSA) is 44.1 Å². The van der Waals surface area contributed by atoms with E-state index < -0.39 is 5.41 Å². The van der Waals surface area contributed by atoms with E-state index in [2.05, 4.69) is 42.5 Å². The predicted octanol–water partition coefficient (Wildman–Crippen LogP) is 5.47. The Kier molecular flexibility index (Phi) is 4.29. The number of anilines is 1. The summed E-state index contributed by atoms with van der Waals surface area (Å²) < 4.78 is 0. The molecule has 30 heavy (non-hydrogen) atoms. The van der Waals surface area contributed by atoms with Gasteiger partial charge in [0.25, 0.3) is 0 Å². The third kappa shape index (κ3) is 2.54. The number of nitrogens with zero attached hydrogens (tertiary/aromatic N) is 2. The predicted molar refractivity (Wildman–Crippen MR) is 120 cm³/mol. The largest absolute Gasteiger partial charge is 0.314 e. The Hall–Kier alpha value is -3.64. The Balaban J connectivity index is 1.95. The van der Waals surface area contributed by atoms with Crippen molar-refractivity contribution in [3.05, 3.63) is 101 Å². The summed E-state index contributed by atoms with van der Waals surface area (Å²) in [6, 6.07) is 29.1. The van der Waals surface area contributed by atoms with Gasteiger partial charge in [0, 0.05) is 19.0 Å². The van der Waals surface area contributed by atoms with Crippen LogP contribution in [0, 0.1) is 16.7 Å². The molecule has 0 N–H and O–H groups in total. The maximum absolute atomic E-state index is 13.9. The number of nitriles is 1. The van der Waals surface area contributed by atoms with E-state index >= 15 is 0 Å². The van der Waals surface area contributed by atoms with Gasteiger partial charge >= 0.3 is 0 Å². The highest BCUT2D eigenvalue weighted by molar-refractivity contribution is 6.19. The number of rotatable bonds is 3. The molecular weight excluding hydrogens is 368 g/mol. The third-order valence-electron chi connectivity index (χ3n) is 6.48. The van der Waals surface area contributed by atoms with E-state index in [1.807, 2.05) is 49.5 Å². The lowest BCUT2D eigenvalue weighted by Crippen LogP contribution is -2.49. The number of fused-ring (bicyclic) bond motifs is 4. The molecular formula is C27H22N2O. The minimum Gasteiger partial charge on any atom is -0.314 e. The molecule has 5 rings (SSSR count). The fraction of sp³-hybridized carbons (Fsp3) is 0.185. The first-order valence-electron chi connectivity index (χ1n) is 10.3. The van der Waals surface area contributed by atoms with E-state index in [0.717, 1.165) is 28.0 Å². The van der Waals surface area contributed by atoms with Crippen LogP contribution in [0.25, 0.3) is 11.1 Å². The molecule has 3 heteroatoms. The molecule has 146 valence electrons. The lowest BCUT2D eigenvalue weighted by Gasteiger charge is -2.47. The number of hydrogen-bond acceptors (Lipinski definition) is 2. The van der Waals surface area contributed by atoms with Crippen LogP contribution in [0.4, 0.5) is 5.69 Å². The summed E-state index contributed by atoms with van der Waals surface area (Å²) in [7, 11) is 1.86. The highest BCUT2D eigenvalue weighted by Gasteiger charge is 2.51. The van der Waals surface area contributed by atoms with Crippen LogP contribution in [-0.2, 0) is 11.2 Å². The first-order valence-corrected chi connectivity index (χ1v) is 10.3. The Morgan fingerprint density at radius 3 is 2.37 bits per heavy atom. The molecule has 3 aromatic carbocycles. The zero-order valence-electron chi connectivity index (χ0n) is 16.9. The quantitative estimate of drug-likeness (QED) is 0.595.